The molecule has 0 aliphatic heterocycles. The number of carbonyl (C=O) groups excluding carboxylic acids is 2. The van der Waals surface area contributed by atoms with Gasteiger partial charge in [-0.2, -0.15) is 0 Å². The molecule has 20 heavy (non-hydrogen) atoms. The van der Waals surface area contributed by atoms with Crippen molar-refractivity contribution in [1.29, 1.82) is 0 Å². The van der Waals surface area contributed by atoms with Crippen LogP contribution >= 0.6 is 0 Å². The SMILES string of the molecule is COC(=O)CNc1ccccc1NC(=O)OC(C)(C)C. The van der Waals surface area contributed by atoms with Crippen LogP contribution in [-0.4, -0.2) is 31.3 Å². The summed E-state index contributed by atoms with van der Waals surface area (Å²) < 4.78 is 9.72. The average molecular weight is 280 g/mol. The average Bonchev–Trinajstić information content (AvgIpc) is 2.35. The number of rotatable bonds is 4. The largest absolute Gasteiger partial charge is 0.468 e. The van der Waals surface area contributed by atoms with Gasteiger partial charge < -0.3 is 14.8 Å². The highest BCUT2D eigenvalue weighted by Crippen LogP contribution is 2.21. The van der Waals surface area contributed by atoms with Crippen molar-refractivity contribution in [1.82, 2.24) is 0 Å². The molecule has 0 aliphatic carbocycles. The maximum atomic E-state index is 11.7. The summed E-state index contributed by atoms with van der Waals surface area (Å²) >= 11 is 0. The van der Waals surface area contributed by atoms with Crippen molar-refractivity contribution in [2.45, 2.75) is 26.4 Å². The Labute approximate surface area is 118 Å². The molecule has 1 aromatic carbocycles. The van der Waals surface area contributed by atoms with Crippen molar-refractivity contribution in [3.05, 3.63) is 24.3 Å². The molecule has 1 amide bonds. The molecule has 1 rings (SSSR count). The van der Waals surface area contributed by atoms with Crippen molar-refractivity contribution in [2.24, 2.45) is 0 Å². The van der Waals surface area contributed by atoms with E-state index in [1.54, 1.807) is 45.0 Å². The number of ether oxygens (including phenoxy) is 2. The molecule has 0 bridgehead atoms. The van der Waals surface area contributed by atoms with Crippen molar-refractivity contribution < 1.29 is 19.1 Å². The van der Waals surface area contributed by atoms with Gasteiger partial charge in [0, 0.05) is 0 Å². The van der Waals surface area contributed by atoms with Gasteiger partial charge in [0.1, 0.15) is 12.1 Å². The lowest BCUT2D eigenvalue weighted by atomic mass is 10.2. The number of methoxy groups -OCH3 is 1. The fourth-order valence-electron chi connectivity index (χ4n) is 1.40. The number of amides is 1. The molecule has 0 unspecified atom stereocenters. The van der Waals surface area contributed by atoms with Crippen LogP contribution in [0.3, 0.4) is 0 Å². The Bertz CT molecular complexity index is 480. The summed E-state index contributed by atoms with van der Waals surface area (Å²) in [7, 11) is 1.31. The van der Waals surface area contributed by atoms with E-state index in [1.807, 2.05) is 0 Å². The third-order valence-corrected chi connectivity index (χ3v) is 2.21. The highest BCUT2D eigenvalue weighted by molar-refractivity contribution is 5.90. The molecule has 0 aromatic heterocycles. The molecule has 6 heteroatoms. The van der Waals surface area contributed by atoms with Gasteiger partial charge in [-0.25, -0.2) is 4.79 Å². The van der Waals surface area contributed by atoms with Crippen LogP contribution in [0.25, 0.3) is 0 Å². The van der Waals surface area contributed by atoms with Crippen LogP contribution in [-0.2, 0) is 14.3 Å². The lowest BCUT2D eigenvalue weighted by Crippen LogP contribution is -2.27. The van der Waals surface area contributed by atoms with Crippen LogP contribution in [0, 0.1) is 0 Å². The molecule has 2 N–H and O–H groups in total. The van der Waals surface area contributed by atoms with E-state index in [2.05, 4.69) is 15.4 Å². The van der Waals surface area contributed by atoms with Crippen LogP contribution in [0.5, 0.6) is 0 Å². The van der Waals surface area contributed by atoms with Gasteiger partial charge in [0.05, 0.1) is 18.5 Å². The fraction of sp³-hybridized carbons (Fsp3) is 0.429. The first kappa shape index (κ1) is 15.8. The smallest absolute Gasteiger partial charge is 0.412 e. The highest BCUT2D eigenvalue weighted by atomic mass is 16.6. The van der Waals surface area contributed by atoms with E-state index in [0.29, 0.717) is 11.4 Å². The first-order chi connectivity index (χ1) is 9.31. The molecule has 1 aromatic rings. The molecular formula is C14H20N2O4. The molecule has 0 saturated heterocycles. The number of hydrogen-bond acceptors (Lipinski definition) is 5. The van der Waals surface area contributed by atoms with Crippen molar-refractivity contribution in [3.8, 4) is 0 Å². The number of nitrogens with one attached hydrogen (secondary N) is 2. The van der Waals surface area contributed by atoms with E-state index >= 15 is 0 Å². The van der Waals surface area contributed by atoms with Crippen LogP contribution in [0.2, 0.25) is 0 Å². The number of benzene rings is 1. The summed E-state index contributed by atoms with van der Waals surface area (Å²) in [5.41, 5.74) is 0.577. The monoisotopic (exact) mass is 280 g/mol. The van der Waals surface area contributed by atoms with Gasteiger partial charge in [0.2, 0.25) is 0 Å². The highest BCUT2D eigenvalue weighted by Gasteiger charge is 2.17. The second-order valence-electron chi connectivity index (χ2n) is 5.10. The van der Waals surface area contributed by atoms with E-state index in [9.17, 15) is 9.59 Å². The predicted molar refractivity (Wildman–Crippen MR) is 76.8 cm³/mol. The minimum Gasteiger partial charge on any atom is -0.468 e. The second kappa shape index (κ2) is 6.79. The van der Waals surface area contributed by atoms with Gasteiger partial charge in [0.15, 0.2) is 0 Å². The zero-order valence-electron chi connectivity index (χ0n) is 12.1. The van der Waals surface area contributed by atoms with E-state index in [1.165, 1.54) is 7.11 Å². The summed E-state index contributed by atoms with van der Waals surface area (Å²) in [6.45, 7) is 5.37. The first-order valence-corrected chi connectivity index (χ1v) is 6.21. The Balaban J connectivity index is 2.70. The van der Waals surface area contributed by atoms with Gasteiger partial charge in [0.25, 0.3) is 0 Å². The molecule has 110 valence electrons. The number of hydrogen-bond donors (Lipinski definition) is 2. The molecule has 0 spiro atoms. The molecule has 0 atom stereocenters. The number of anilines is 2. The maximum absolute atomic E-state index is 11.7. The molecule has 0 heterocycles. The summed E-state index contributed by atoms with van der Waals surface area (Å²) in [6, 6.07) is 7.02. The topological polar surface area (TPSA) is 76.7 Å². The third kappa shape index (κ3) is 5.60. The standard InChI is InChI=1S/C14H20N2O4/c1-14(2,3)20-13(18)16-11-8-6-5-7-10(11)15-9-12(17)19-4/h5-8,15H,9H2,1-4H3,(H,16,18). The number of para-hydroxylation sites is 2. The van der Waals surface area contributed by atoms with Gasteiger partial charge in [-0.15, -0.1) is 0 Å². The normalized spacial score (nSPS) is 10.6. The third-order valence-electron chi connectivity index (χ3n) is 2.21. The molecule has 6 nitrogen and oxygen atoms in total. The summed E-state index contributed by atoms with van der Waals surface area (Å²) in [4.78, 5) is 22.8. The minimum atomic E-state index is -0.571. The Morgan fingerprint density at radius 1 is 1.15 bits per heavy atom. The van der Waals surface area contributed by atoms with Crippen molar-refractivity contribution in [3.63, 3.8) is 0 Å². The van der Waals surface area contributed by atoms with Crippen LogP contribution in [0.4, 0.5) is 16.2 Å². The Kier molecular flexibility index (Phi) is 5.37. The van der Waals surface area contributed by atoms with Crippen molar-refractivity contribution in [2.75, 3.05) is 24.3 Å². The second-order valence-corrected chi connectivity index (χ2v) is 5.10. The summed E-state index contributed by atoms with van der Waals surface area (Å²) in [6.07, 6.45) is -0.551. The molecule has 0 fully saturated rings. The van der Waals surface area contributed by atoms with E-state index < -0.39 is 17.7 Å². The van der Waals surface area contributed by atoms with Crippen LogP contribution in [0.15, 0.2) is 24.3 Å². The number of carbonyl (C=O) groups is 2. The van der Waals surface area contributed by atoms with Crippen LogP contribution in [0.1, 0.15) is 20.8 Å². The number of esters is 1. The Morgan fingerprint density at radius 2 is 1.75 bits per heavy atom. The summed E-state index contributed by atoms with van der Waals surface area (Å²) in [5, 5.41) is 5.52. The maximum Gasteiger partial charge on any atom is 0.412 e. The van der Waals surface area contributed by atoms with E-state index in [4.69, 9.17) is 4.74 Å². The lowest BCUT2D eigenvalue weighted by molar-refractivity contribution is -0.138. The van der Waals surface area contributed by atoms with Gasteiger partial charge in [-0.1, -0.05) is 12.1 Å². The van der Waals surface area contributed by atoms with Crippen molar-refractivity contribution >= 4 is 23.4 Å². The van der Waals surface area contributed by atoms with Gasteiger partial charge in [-0.05, 0) is 32.9 Å². The fourth-order valence-corrected chi connectivity index (χ4v) is 1.40. The molecular weight excluding hydrogens is 260 g/mol. The van der Waals surface area contributed by atoms with Gasteiger partial charge >= 0.3 is 12.1 Å². The Morgan fingerprint density at radius 3 is 2.30 bits per heavy atom. The molecule has 0 radical (unpaired) electrons. The predicted octanol–water partition coefficient (Wildman–Crippen LogP) is 2.62. The van der Waals surface area contributed by atoms with Crippen LogP contribution < -0.4 is 10.6 Å². The molecule has 0 aliphatic rings. The zero-order chi connectivity index (χ0) is 15.2. The Hall–Kier alpha value is -2.24. The van der Waals surface area contributed by atoms with E-state index in [0.717, 1.165) is 0 Å². The van der Waals surface area contributed by atoms with Gasteiger partial charge in [-0.3, -0.25) is 10.1 Å². The zero-order valence-corrected chi connectivity index (χ0v) is 12.1. The van der Waals surface area contributed by atoms with E-state index in [-0.39, 0.29) is 6.54 Å². The lowest BCUT2D eigenvalue weighted by Gasteiger charge is -2.20. The molecule has 0 saturated carbocycles. The minimum absolute atomic E-state index is 0.0174. The summed E-state index contributed by atoms with van der Waals surface area (Å²) in [5.74, 6) is -0.392. The quantitative estimate of drug-likeness (QED) is 0.829. The first-order valence-electron chi connectivity index (χ1n) is 6.21.